The molecule has 2 aromatic rings. The van der Waals surface area contributed by atoms with Crippen LogP contribution in [0.25, 0.3) is 11.1 Å². The first kappa shape index (κ1) is 18.0. The number of carbonyl (C=O) groups excluding carboxylic acids is 1. The van der Waals surface area contributed by atoms with Crippen LogP contribution in [0.5, 0.6) is 5.75 Å². The minimum absolute atomic E-state index is 0.149. The molecule has 0 spiro atoms. The Labute approximate surface area is 153 Å². The molecule has 1 amide bonds. The van der Waals surface area contributed by atoms with Gasteiger partial charge in [-0.25, -0.2) is 0 Å². The van der Waals surface area contributed by atoms with Crippen LogP contribution in [0, 0.1) is 12.8 Å². The van der Waals surface area contributed by atoms with Gasteiger partial charge in [-0.15, -0.1) is 11.3 Å². The van der Waals surface area contributed by atoms with E-state index in [0.717, 1.165) is 47.7 Å². The lowest BCUT2D eigenvalue weighted by molar-refractivity contribution is 0.0686. The fourth-order valence-electron chi connectivity index (χ4n) is 3.43. The number of aryl methyl sites for hydroxylation is 1. The van der Waals surface area contributed by atoms with Gasteiger partial charge in [0.05, 0.1) is 12.0 Å². The maximum atomic E-state index is 12.9. The van der Waals surface area contributed by atoms with Gasteiger partial charge in [0, 0.05) is 24.0 Å². The largest absolute Gasteiger partial charge is 0.497 e. The van der Waals surface area contributed by atoms with Gasteiger partial charge < -0.3 is 15.4 Å². The molecule has 25 heavy (non-hydrogen) atoms. The first-order valence-electron chi connectivity index (χ1n) is 8.79. The van der Waals surface area contributed by atoms with E-state index in [4.69, 9.17) is 10.5 Å². The fourth-order valence-corrected chi connectivity index (χ4v) is 4.44. The van der Waals surface area contributed by atoms with Crippen molar-refractivity contribution in [2.45, 2.75) is 32.7 Å². The molecule has 2 heterocycles. The Bertz CT molecular complexity index is 729. The number of benzene rings is 1. The fraction of sp³-hybridized carbons (Fsp3) is 0.450. The van der Waals surface area contributed by atoms with Crippen molar-refractivity contribution in [3.63, 3.8) is 0 Å². The molecule has 1 aromatic carbocycles. The molecule has 2 N–H and O–H groups in total. The highest BCUT2D eigenvalue weighted by Crippen LogP contribution is 2.33. The predicted molar refractivity (Wildman–Crippen MR) is 103 cm³/mol. The smallest absolute Gasteiger partial charge is 0.263 e. The third-order valence-corrected chi connectivity index (χ3v) is 6.14. The number of methoxy groups -OCH3 is 1. The highest BCUT2D eigenvalue weighted by Gasteiger charge is 2.26. The number of hydrogen-bond donors (Lipinski definition) is 1. The highest BCUT2D eigenvalue weighted by atomic mass is 32.1. The zero-order chi connectivity index (χ0) is 18.0. The topological polar surface area (TPSA) is 55.6 Å². The van der Waals surface area contributed by atoms with Crippen molar-refractivity contribution in [1.29, 1.82) is 0 Å². The van der Waals surface area contributed by atoms with Crippen molar-refractivity contribution in [3.8, 4) is 16.9 Å². The molecule has 0 bridgehead atoms. The van der Waals surface area contributed by atoms with Crippen LogP contribution in [0.3, 0.4) is 0 Å². The van der Waals surface area contributed by atoms with Crippen LogP contribution in [0.4, 0.5) is 0 Å². The Morgan fingerprint density at radius 3 is 2.48 bits per heavy atom. The molecule has 1 saturated heterocycles. The number of ether oxygens (including phenoxy) is 1. The summed E-state index contributed by atoms with van der Waals surface area (Å²) in [7, 11) is 1.66. The molecule has 0 saturated carbocycles. The van der Waals surface area contributed by atoms with E-state index < -0.39 is 0 Å². The number of hydrogen-bond acceptors (Lipinski definition) is 4. The molecule has 0 radical (unpaired) electrons. The number of amides is 1. The van der Waals surface area contributed by atoms with Crippen LogP contribution in [0.2, 0.25) is 0 Å². The minimum atomic E-state index is 0.149. The molecule has 3 rings (SSSR count). The first-order valence-corrected chi connectivity index (χ1v) is 9.61. The SMILES string of the molecule is COc1ccc(-c2cc(C(=O)N3CCC(C(C)N)CC3)sc2C)cc1. The second-order valence-electron chi connectivity index (χ2n) is 6.80. The van der Waals surface area contributed by atoms with Crippen LogP contribution in [0.1, 0.15) is 34.3 Å². The summed E-state index contributed by atoms with van der Waals surface area (Å²) in [4.78, 5) is 16.8. The summed E-state index contributed by atoms with van der Waals surface area (Å²) < 4.78 is 5.22. The molecule has 4 nitrogen and oxygen atoms in total. The maximum Gasteiger partial charge on any atom is 0.263 e. The Hall–Kier alpha value is -1.85. The van der Waals surface area contributed by atoms with Crippen molar-refractivity contribution in [3.05, 3.63) is 40.1 Å². The third-order valence-electron chi connectivity index (χ3n) is 5.10. The van der Waals surface area contributed by atoms with Crippen molar-refractivity contribution < 1.29 is 9.53 Å². The molecular weight excluding hydrogens is 332 g/mol. The lowest BCUT2D eigenvalue weighted by atomic mass is 9.91. The Morgan fingerprint density at radius 1 is 1.28 bits per heavy atom. The molecule has 134 valence electrons. The summed E-state index contributed by atoms with van der Waals surface area (Å²) in [6.45, 7) is 5.75. The first-order chi connectivity index (χ1) is 12.0. The van der Waals surface area contributed by atoms with Crippen LogP contribution >= 0.6 is 11.3 Å². The van der Waals surface area contributed by atoms with Gasteiger partial charge in [-0.3, -0.25) is 4.79 Å². The number of nitrogens with zero attached hydrogens (tertiary/aromatic N) is 1. The van der Waals surface area contributed by atoms with Crippen LogP contribution < -0.4 is 10.5 Å². The molecule has 1 fully saturated rings. The summed E-state index contributed by atoms with van der Waals surface area (Å²) >= 11 is 1.58. The zero-order valence-corrected chi connectivity index (χ0v) is 15.9. The lowest BCUT2D eigenvalue weighted by Crippen LogP contribution is -2.42. The van der Waals surface area contributed by atoms with Crippen molar-refractivity contribution in [2.24, 2.45) is 11.7 Å². The van der Waals surface area contributed by atoms with Gasteiger partial charge in [-0.05, 0) is 61.9 Å². The predicted octanol–water partition coefficient (Wildman–Crippen LogP) is 3.93. The molecule has 1 atom stereocenters. The van der Waals surface area contributed by atoms with Crippen molar-refractivity contribution >= 4 is 17.2 Å². The molecular formula is C20H26N2O2S. The molecule has 1 aliphatic rings. The zero-order valence-electron chi connectivity index (χ0n) is 15.1. The second kappa shape index (κ2) is 7.58. The molecule has 1 aromatic heterocycles. The van der Waals surface area contributed by atoms with E-state index in [0.29, 0.717) is 5.92 Å². The molecule has 0 aliphatic carbocycles. The lowest BCUT2D eigenvalue weighted by Gasteiger charge is -2.33. The van der Waals surface area contributed by atoms with Crippen LogP contribution in [-0.2, 0) is 0 Å². The Balaban J connectivity index is 1.74. The van der Waals surface area contributed by atoms with E-state index in [2.05, 4.69) is 13.8 Å². The number of likely N-dealkylation sites (tertiary alicyclic amines) is 1. The number of carbonyl (C=O) groups is 1. The van der Waals surface area contributed by atoms with Crippen LogP contribution in [-0.4, -0.2) is 37.0 Å². The number of rotatable bonds is 4. The molecule has 1 aliphatic heterocycles. The van der Waals surface area contributed by atoms with Crippen LogP contribution in [0.15, 0.2) is 30.3 Å². The summed E-state index contributed by atoms with van der Waals surface area (Å²) in [6, 6.07) is 10.2. The highest BCUT2D eigenvalue weighted by molar-refractivity contribution is 7.14. The van der Waals surface area contributed by atoms with E-state index >= 15 is 0 Å². The van der Waals surface area contributed by atoms with Gasteiger partial charge in [0.15, 0.2) is 0 Å². The third kappa shape index (κ3) is 3.88. The average molecular weight is 359 g/mol. The van der Waals surface area contributed by atoms with E-state index in [1.54, 1.807) is 18.4 Å². The standard InChI is InChI=1S/C20H26N2O2S/c1-13(21)15-8-10-22(11-9-15)20(23)19-12-18(14(2)25-19)16-4-6-17(24-3)7-5-16/h4-7,12-13,15H,8-11,21H2,1-3H3. The van der Waals surface area contributed by atoms with E-state index in [1.165, 1.54) is 4.88 Å². The average Bonchev–Trinajstić information content (AvgIpc) is 3.03. The Morgan fingerprint density at radius 2 is 1.92 bits per heavy atom. The molecule has 5 heteroatoms. The summed E-state index contributed by atoms with van der Waals surface area (Å²) in [6.07, 6.45) is 2.00. The van der Waals surface area contributed by atoms with Gasteiger partial charge in [0.1, 0.15) is 5.75 Å². The van der Waals surface area contributed by atoms with Gasteiger partial charge in [0.2, 0.25) is 0 Å². The summed E-state index contributed by atoms with van der Waals surface area (Å²) in [5.74, 6) is 1.52. The quantitative estimate of drug-likeness (QED) is 0.901. The maximum absolute atomic E-state index is 12.9. The summed E-state index contributed by atoms with van der Waals surface area (Å²) in [5.41, 5.74) is 8.24. The molecule has 1 unspecified atom stereocenters. The second-order valence-corrected chi connectivity index (χ2v) is 8.05. The van der Waals surface area contributed by atoms with Crippen molar-refractivity contribution in [1.82, 2.24) is 4.90 Å². The van der Waals surface area contributed by atoms with Gasteiger partial charge in [-0.2, -0.15) is 0 Å². The number of thiophene rings is 1. The summed E-state index contributed by atoms with van der Waals surface area (Å²) in [5, 5.41) is 0. The van der Waals surface area contributed by atoms with E-state index in [-0.39, 0.29) is 11.9 Å². The Kier molecular flexibility index (Phi) is 5.45. The monoisotopic (exact) mass is 358 g/mol. The van der Waals surface area contributed by atoms with Gasteiger partial charge >= 0.3 is 0 Å². The van der Waals surface area contributed by atoms with E-state index in [9.17, 15) is 4.79 Å². The van der Waals surface area contributed by atoms with Crippen molar-refractivity contribution in [2.75, 3.05) is 20.2 Å². The van der Waals surface area contributed by atoms with E-state index in [1.807, 2.05) is 35.2 Å². The minimum Gasteiger partial charge on any atom is -0.497 e. The van der Waals surface area contributed by atoms with Gasteiger partial charge in [0.25, 0.3) is 5.91 Å². The van der Waals surface area contributed by atoms with Gasteiger partial charge in [-0.1, -0.05) is 12.1 Å². The number of nitrogens with two attached hydrogens (primary N) is 1. The normalized spacial score (nSPS) is 16.7. The number of piperidine rings is 1.